The fourth-order valence-corrected chi connectivity index (χ4v) is 4.67. The summed E-state index contributed by atoms with van der Waals surface area (Å²) in [5, 5.41) is 2.01. The highest BCUT2D eigenvalue weighted by atomic mass is 16.1. The van der Waals surface area contributed by atoms with Crippen molar-refractivity contribution in [3.63, 3.8) is 0 Å². The van der Waals surface area contributed by atoms with E-state index < -0.39 is 0 Å². The SMILES string of the molecule is Cc1[nH]c(=O)c2c(C)c(C)c(C)c(Cc3c(C)c(C)c(C)c(C)c3C)c2c1C. The van der Waals surface area contributed by atoms with Gasteiger partial charge in [0.15, 0.2) is 0 Å². The number of rotatable bonds is 2. The second kappa shape index (κ2) is 6.92. The number of hydrogen-bond donors (Lipinski definition) is 1. The van der Waals surface area contributed by atoms with Gasteiger partial charge in [-0.3, -0.25) is 4.79 Å². The maximum atomic E-state index is 12.9. The quantitative estimate of drug-likeness (QED) is 0.568. The van der Waals surface area contributed by atoms with Crippen molar-refractivity contribution in [2.75, 3.05) is 0 Å². The Labute approximate surface area is 169 Å². The smallest absolute Gasteiger partial charge is 0.256 e. The highest BCUT2D eigenvalue weighted by molar-refractivity contribution is 5.93. The highest BCUT2D eigenvalue weighted by Crippen LogP contribution is 2.35. The molecule has 3 rings (SSSR count). The van der Waals surface area contributed by atoms with Crippen LogP contribution in [-0.4, -0.2) is 4.98 Å². The number of aromatic amines is 1. The zero-order valence-corrected chi connectivity index (χ0v) is 19.1. The fourth-order valence-electron chi connectivity index (χ4n) is 4.67. The van der Waals surface area contributed by atoms with Gasteiger partial charge >= 0.3 is 0 Å². The van der Waals surface area contributed by atoms with Crippen LogP contribution in [0.2, 0.25) is 0 Å². The molecule has 0 atom stereocenters. The summed E-state index contributed by atoms with van der Waals surface area (Å²) in [6.45, 7) is 21.7. The Morgan fingerprint density at radius 2 is 0.929 bits per heavy atom. The van der Waals surface area contributed by atoms with Gasteiger partial charge in [-0.1, -0.05) is 0 Å². The summed E-state index contributed by atoms with van der Waals surface area (Å²) in [5.41, 5.74) is 15.5. The van der Waals surface area contributed by atoms with E-state index in [0.29, 0.717) is 0 Å². The lowest BCUT2D eigenvalue weighted by atomic mass is 9.82. The average molecular weight is 376 g/mol. The van der Waals surface area contributed by atoms with E-state index in [4.69, 9.17) is 0 Å². The van der Waals surface area contributed by atoms with Crippen LogP contribution in [0, 0.1) is 69.2 Å². The molecule has 28 heavy (non-hydrogen) atoms. The summed E-state index contributed by atoms with van der Waals surface area (Å²) >= 11 is 0. The monoisotopic (exact) mass is 375 g/mol. The molecule has 0 fully saturated rings. The van der Waals surface area contributed by atoms with Crippen LogP contribution in [0.15, 0.2) is 4.79 Å². The number of hydrogen-bond acceptors (Lipinski definition) is 1. The minimum atomic E-state index is 0.0321. The Bertz CT molecular complexity index is 1160. The van der Waals surface area contributed by atoms with Gasteiger partial charge < -0.3 is 4.98 Å². The third-order valence-corrected chi connectivity index (χ3v) is 7.48. The van der Waals surface area contributed by atoms with E-state index in [1.54, 1.807) is 0 Å². The molecule has 0 aliphatic rings. The molecule has 1 aromatic heterocycles. The molecule has 148 valence electrons. The first-order valence-corrected chi connectivity index (χ1v) is 10.2. The van der Waals surface area contributed by atoms with Crippen molar-refractivity contribution in [3.05, 3.63) is 77.2 Å². The van der Waals surface area contributed by atoms with Crippen LogP contribution in [0.3, 0.4) is 0 Å². The molecular weight excluding hydrogens is 342 g/mol. The molecule has 1 heterocycles. The first kappa shape index (κ1) is 20.4. The van der Waals surface area contributed by atoms with Crippen molar-refractivity contribution in [2.45, 2.75) is 75.7 Å². The highest BCUT2D eigenvalue weighted by Gasteiger charge is 2.20. The molecule has 2 aromatic carbocycles. The van der Waals surface area contributed by atoms with Gasteiger partial charge in [0.25, 0.3) is 5.56 Å². The third-order valence-electron chi connectivity index (χ3n) is 7.48. The van der Waals surface area contributed by atoms with E-state index in [1.165, 1.54) is 55.6 Å². The van der Waals surface area contributed by atoms with Gasteiger partial charge in [0.05, 0.1) is 5.39 Å². The molecule has 0 bridgehead atoms. The van der Waals surface area contributed by atoms with E-state index in [9.17, 15) is 4.79 Å². The van der Waals surface area contributed by atoms with Gasteiger partial charge in [-0.15, -0.1) is 0 Å². The van der Waals surface area contributed by atoms with Crippen molar-refractivity contribution >= 4 is 10.8 Å². The first-order valence-electron chi connectivity index (χ1n) is 10.2. The number of aromatic nitrogens is 1. The van der Waals surface area contributed by atoms with E-state index in [-0.39, 0.29) is 5.56 Å². The van der Waals surface area contributed by atoms with Crippen molar-refractivity contribution in [1.29, 1.82) is 0 Å². The Morgan fingerprint density at radius 1 is 0.500 bits per heavy atom. The normalized spacial score (nSPS) is 11.5. The Hall–Kier alpha value is -2.35. The Morgan fingerprint density at radius 3 is 1.46 bits per heavy atom. The predicted molar refractivity (Wildman–Crippen MR) is 121 cm³/mol. The summed E-state index contributed by atoms with van der Waals surface area (Å²) in [7, 11) is 0. The van der Waals surface area contributed by atoms with Crippen LogP contribution in [-0.2, 0) is 6.42 Å². The predicted octanol–water partition coefficient (Wildman–Crippen LogP) is 6.20. The van der Waals surface area contributed by atoms with Crippen LogP contribution in [0.25, 0.3) is 10.8 Å². The summed E-state index contributed by atoms with van der Waals surface area (Å²) in [5.74, 6) is 0. The largest absolute Gasteiger partial charge is 0.326 e. The first-order chi connectivity index (χ1) is 13.0. The Kier molecular flexibility index (Phi) is 5.04. The van der Waals surface area contributed by atoms with Crippen molar-refractivity contribution < 1.29 is 0 Å². The van der Waals surface area contributed by atoms with Crippen LogP contribution >= 0.6 is 0 Å². The second-order valence-electron chi connectivity index (χ2n) is 8.59. The molecule has 0 aliphatic carbocycles. The molecule has 1 N–H and O–H groups in total. The molecule has 0 amide bonds. The molecule has 3 aromatic rings. The van der Waals surface area contributed by atoms with E-state index in [2.05, 4.69) is 67.3 Å². The number of benzene rings is 2. The topological polar surface area (TPSA) is 32.9 Å². The fraction of sp³-hybridized carbons (Fsp3) is 0.423. The molecule has 0 radical (unpaired) electrons. The van der Waals surface area contributed by atoms with Gasteiger partial charge in [0.2, 0.25) is 0 Å². The van der Waals surface area contributed by atoms with Crippen LogP contribution in [0.5, 0.6) is 0 Å². The van der Waals surface area contributed by atoms with Crippen molar-refractivity contribution in [2.24, 2.45) is 0 Å². The number of aryl methyl sites for hydroxylation is 3. The minimum Gasteiger partial charge on any atom is -0.326 e. The minimum absolute atomic E-state index is 0.0321. The maximum Gasteiger partial charge on any atom is 0.256 e. The molecule has 2 heteroatoms. The lowest BCUT2D eigenvalue weighted by molar-refractivity contribution is 1.05. The van der Waals surface area contributed by atoms with Gasteiger partial charge in [0.1, 0.15) is 0 Å². The van der Waals surface area contributed by atoms with E-state index in [1.807, 2.05) is 6.92 Å². The number of fused-ring (bicyclic) bond motifs is 1. The summed E-state index contributed by atoms with van der Waals surface area (Å²) in [6.07, 6.45) is 0.868. The molecule has 0 unspecified atom stereocenters. The van der Waals surface area contributed by atoms with E-state index >= 15 is 0 Å². The standard InChI is InChI=1S/C26H33NO/c1-12-13(2)16(5)22(17(6)14(12)3)11-23-18(7)15(4)19(8)25-24(23)20(9)21(10)27-26(25)28/h11H2,1-10H3,(H,27,28). The number of pyridine rings is 1. The molecule has 0 saturated carbocycles. The van der Waals surface area contributed by atoms with Crippen LogP contribution in [0.4, 0.5) is 0 Å². The van der Waals surface area contributed by atoms with Gasteiger partial charge in [0, 0.05) is 5.69 Å². The van der Waals surface area contributed by atoms with Crippen LogP contribution in [0.1, 0.15) is 66.9 Å². The zero-order chi connectivity index (χ0) is 21.1. The second-order valence-corrected chi connectivity index (χ2v) is 8.59. The number of H-pyrrole nitrogens is 1. The van der Waals surface area contributed by atoms with Crippen molar-refractivity contribution in [1.82, 2.24) is 4.98 Å². The van der Waals surface area contributed by atoms with E-state index in [0.717, 1.165) is 28.5 Å². The summed E-state index contributed by atoms with van der Waals surface area (Å²) < 4.78 is 0. The molecule has 0 spiro atoms. The Balaban J connectivity index is 2.46. The van der Waals surface area contributed by atoms with Gasteiger partial charge in [-0.2, -0.15) is 0 Å². The van der Waals surface area contributed by atoms with Crippen molar-refractivity contribution in [3.8, 4) is 0 Å². The molecule has 2 nitrogen and oxygen atoms in total. The third kappa shape index (κ3) is 2.82. The molecule has 0 aliphatic heterocycles. The molecular formula is C26H33NO. The molecule has 0 saturated heterocycles. The zero-order valence-electron chi connectivity index (χ0n) is 19.1. The number of nitrogens with one attached hydrogen (secondary N) is 1. The van der Waals surface area contributed by atoms with Crippen LogP contribution < -0.4 is 5.56 Å². The van der Waals surface area contributed by atoms with Gasteiger partial charge in [-0.25, -0.2) is 0 Å². The average Bonchev–Trinajstić information content (AvgIpc) is 2.65. The summed E-state index contributed by atoms with van der Waals surface area (Å²) in [6, 6.07) is 0. The summed E-state index contributed by atoms with van der Waals surface area (Å²) in [4.78, 5) is 15.9. The maximum absolute atomic E-state index is 12.9. The van der Waals surface area contributed by atoms with Gasteiger partial charge in [-0.05, 0) is 142 Å². The lowest BCUT2D eigenvalue weighted by Gasteiger charge is -2.23. The lowest BCUT2D eigenvalue weighted by Crippen LogP contribution is -2.15.